The normalized spacial score (nSPS) is 27.4. The summed E-state index contributed by atoms with van der Waals surface area (Å²) < 4.78 is 0.869. The van der Waals surface area contributed by atoms with Gasteiger partial charge in [0.15, 0.2) is 0 Å². The number of fused-ring (bicyclic) bond motifs is 4. The molecule has 3 aromatic rings. The SMILES string of the molecule is Cc1c(-c2ccccc2)nc2ccc(Br)cc2c1C(=O)NC12CCC(C(=O)O)(CC1)C/C2=N\OC1(C2CC2)CCC1. The van der Waals surface area contributed by atoms with E-state index >= 15 is 0 Å². The van der Waals surface area contributed by atoms with Gasteiger partial charge in [0.25, 0.3) is 5.91 Å². The third-order valence-corrected chi connectivity index (χ3v) is 10.7. The van der Waals surface area contributed by atoms with Crippen LogP contribution in [0.15, 0.2) is 58.2 Å². The van der Waals surface area contributed by atoms with E-state index in [0.717, 1.165) is 51.5 Å². The molecule has 2 aromatic carbocycles. The van der Waals surface area contributed by atoms with Crippen LogP contribution < -0.4 is 5.32 Å². The van der Waals surface area contributed by atoms with Crippen molar-refractivity contribution in [3.8, 4) is 11.3 Å². The fourth-order valence-corrected chi connectivity index (χ4v) is 7.71. The Labute approximate surface area is 247 Å². The highest BCUT2D eigenvalue weighted by molar-refractivity contribution is 9.10. The molecule has 0 spiro atoms. The Kier molecular flexibility index (Phi) is 6.27. The van der Waals surface area contributed by atoms with Crippen LogP contribution in [0.4, 0.5) is 0 Å². The first kappa shape index (κ1) is 26.6. The summed E-state index contributed by atoms with van der Waals surface area (Å²) >= 11 is 3.58. The first-order valence-corrected chi connectivity index (χ1v) is 15.5. The fraction of sp³-hybridized carbons (Fsp3) is 0.455. The molecule has 8 heteroatoms. The molecule has 5 aliphatic rings. The van der Waals surface area contributed by atoms with Crippen LogP contribution in [0.5, 0.6) is 0 Å². The van der Waals surface area contributed by atoms with Crippen molar-refractivity contribution in [1.29, 1.82) is 0 Å². The van der Waals surface area contributed by atoms with Crippen LogP contribution in [-0.4, -0.2) is 38.8 Å². The lowest BCUT2D eigenvalue weighted by Gasteiger charge is -2.52. The summed E-state index contributed by atoms with van der Waals surface area (Å²) in [5.41, 5.74) is 2.75. The summed E-state index contributed by atoms with van der Waals surface area (Å²) in [6.45, 7) is 1.95. The molecular weight excluding hydrogens is 582 g/mol. The van der Waals surface area contributed by atoms with Crippen LogP contribution in [0.3, 0.4) is 0 Å². The highest BCUT2D eigenvalue weighted by Gasteiger charge is 2.58. The van der Waals surface area contributed by atoms with Crippen molar-refractivity contribution in [2.24, 2.45) is 16.5 Å². The summed E-state index contributed by atoms with van der Waals surface area (Å²) in [5, 5.41) is 19.1. The number of amides is 1. The number of hydrogen-bond donors (Lipinski definition) is 2. The Bertz CT molecular complexity index is 1590. The molecule has 0 saturated heterocycles. The zero-order chi connectivity index (χ0) is 28.4. The third kappa shape index (κ3) is 4.37. The van der Waals surface area contributed by atoms with E-state index in [9.17, 15) is 14.7 Å². The molecule has 2 bridgehead atoms. The molecular formula is C33H34BrN3O4. The lowest BCUT2D eigenvalue weighted by atomic mass is 9.56. The number of pyridine rings is 1. The molecule has 5 aliphatic carbocycles. The number of carboxylic acids is 1. The number of nitrogens with one attached hydrogen (secondary N) is 1. The van der Waals surface area contributed by atoms with Gasteiger partial charge in [-0.15, -0.1) is 0 Å². The van der Waals surface area contributed by atoms with E-state index in [2.05, 4.69) is 21.2 Å². The smallest absolute Gasteiger partial charge is 0.310 e. The fourth-order valence-electron chi connectivity index (χ4n) is 7.35. The molecule has 2 N–H and O–H groups in total. The van der Waals surface area contributed by atoms with Gasteiger partial charge in [-0.3, -0.25) is 9.59 Å². The Morgan fingerprint density at radius 2 is 1.78 bits per heavy atom. The highest BCUT2D eigenvalue weighted by atomic mass is 79.9. The number of carboxylic acid groups (broad SMARTS) is 1. The maximum absolute atomic E-state index is 14.4. The molecule has 5 fully saturated rings. The van der Waals surface area contributed by atoms with Crippen LogP contribution in [0.1, 0.15) is 80.1 Å². The zero-order valence-corrected chi connectivity index (χ0v) is 24.8. The first-order valence-electron chi connectivity index (χ1n) is 14.7. The van der Waals surface area contributed by atoms with Gasteiger partial charge in [-0.1, -0.05) is 51.4 Å². The number of carbonyl (C=O) groups excluding carboxylic acids is 1. The van der Waals surface area contributed by atoms with E-state index in [-0.39, 0.29) is 11.5 Å². The van der Waals surface area contributed by atoms with Crippen LogP contribution in [0, 0.1) is 18.3 Å². The Morgan fingerprint density at radius 3 is 2.41 bits per heavy atom. The molecule has 0 atom stereocenters. The van der Waals surface area contributed by atoms with Gasteiger partial charge in [0.1, 0.15) is 5.60 Å². The number of oxime groups is 1. The lowest BCUT2D eigenvalue weighted by Crippen LogP contribution is -2.64. The molecule has 0 aliphatic heterocycles. The Morgan fingerprint density at radius 1 is 1.05 bits per heavy atom. The van der Waals surface area contributed by atoms with Crippen LogP contribution in [-0.2, 0) is 9.63 Å². The number of halogens is 1. The monoisotopic (exact) mass is 615 g/mol. The minimum Gasteiger partial charge on any atom is -0.481 e. The molecule has 212 valence electrons. The zero-order valence-electron chi connectivity index (χ0n) is 23.2. The molecule has 1 aromatic heterocycles. The highest BCUT2D eigenvalue weighted by Crippen LogP contribution is 2.55. The van der Waals surface area contributed by atoms with Crippen LogP contribution >= 0.6 is 15.9 Å². The predicted octanol–water partition coefficient (Wildman–Crippen LogP) is 7.20. The van der Waals surface area contributed by atoms with Crippen LogP contribution in [0.2, 0.25) is 0 Å². The van der Waals surface area contributed by atoms with Crippen molar-refractivity contribution in [3.63, 3.8) is 0 Å². The van der Waals surface area contributed by atoms with Crippen molar-refractivity contribution in [2.45, 2.75) is 82.3 Å². The second-order valence-corrected chi connectivity index (χ2v) is 13.5. The van der Waals surface area contributed by atoms with Crippen molar-refractivity contribution < 1.29 is 19.5 Å². The van der Waals surface area contributed by atoms with E-state index in [1.54, 1.807) is 0 Å². The van der Waals surface area contributed by atoms with Crippen molar-refractivity contribution in [3.05, 3.63) is 64.1 Å². The number of aromatic nitrogens is 1. The minimum atomic E-state index is -0.842. The molecule has 8 rings (SSSR count). The van der Waals surface area contributed by atoms with E-state index in [4.69, 9.17) is 15.0 Å². The van der Waals surface area contributed by atoms with Gasteiger partial charge in [-0.05, 0) is 88.5 Å². The number of nitrogens with zero attached hydrogens (tertiary/aromatic N) is 2. The molecule has 41 heavy (non-hydrogen) atoms. The van der Waals surface area contributed by atoms with Gasteiger partial charge in [0.05, 0.1) is 33.4 Å². The number of aliphatic carboxylic acids is 1. The van der Waals surface area contributed by atoms with Gasteiger partial charge in [0, 0.05) is 27.8 Å². The molecule has 0 unspecified atom stereocenters. The quantitative estimate of drug-likeness (QED) is 0.274. The summed E-state index contributed by atoms with van der Waals surface area (Å²) in [6, 6.07) is 15.7. The van der Waals surface area contributed by atoms with Gasteiger partial charge in [0.2, 0.25) is 0 Å². The van der Waals surface area contributed by atoms with E-state index < -0.39 is 16.9 Å². The minimum absolute atomic E-state index is 0.192. The maximum atomic E-state index is 14.4. The van der Waals surface area contributed by atoms with Gasteiger partial charge < -0.3 is 15.3 Å². The second-order valence-electron chi connectivity index (χ2n) is 12.6. The molecule has 0 radical (unpaired) electrons. The maximum Gasteiger partial charge on any atom is 0.310 e. The number of carbonyl (C=O) groups is 2. The molecule has 7 nitrogen and oxygen atoms in total. The predicted molar refractivity (Wildman–Crippen MR) is 161 cm³/mol. The molecule has 1 amide bonds. The summed E-state index contributed by atoms with van der Waals surface area (Å²) in [4.78, 5) is 38.1. The van der Waals surface area contributed by atoms with E-state index in [1.807, 2.05) is 55.5 Å². The number of rotatable bonds is 7. The number of benzene rings is 2. The molecule has 5 saturated carbocycles. The van der Waals surface area contributed by atoms with Gasteiger partial charge in [-0.25, -0.2) is 4.98 Å². The van der Waals surface area contributed by atoms with Crippen LogP contribution in [0.25, 0.3) is 22.2 Å². The van der Waals surface area contributed by atoms with Gasteiger partial charge in [-0.2, -0.15) is 0 Å². The second kappa shape index (κ2) is 9.65. The van der Waals surface area contributed by atoms with E-state index in [1.165, 1.54) is 12.8 Å². The average Bonchev–Trinajstić information content (AvgIpc) is 3.79. The standard InChI is InChI=1S/C33H34BrN3O4/c1-20-27(24-18-23(34)10-11-25(24)35-28(20)21-6-3-2-4-7-21)29(38)36-32-16-14-31(15-17-32,30(39)40)19-26(32)37-41-33(12-5-13-33)22-8-9-22/h2-4,6-7,10-11,18,22H,5,8-9,12-17,19H2,1H3,(H,36,38)(H,39,40)/b37-26+. The molecule has 1 heterocycles. The third-order valence-electron chi connectivity index (χ3n) is 10.2. The van der Waals surface area contributed by atoms with Crippen molar-refractivity contribution >= 4 is 44.4 Å². The van der Waals surface area contributed by atoms with Crippen molar-refractivity contribution in [1.82, 2.24) is 10.3 Å². The van der Waals surface area contributed by atoms with E-state index in [0.29, 0.717) is 49.3 Å². The topological polar surface area (TPSA) is 101 Å². The number of hydrogen-bond acceptors (Lipinski definition) is 5. The Balaban J connectivity index is 1.29. The average molecular weight is 617 g/mol. The lowest BCUT2D eigenvalue weighted by molar-refractivity contribution is -0.152. The van der Waals surface area contributed by atoms with Gasteiger partial charge >= 0.3 is 5.97 Å². The first-order chi connectivity index (χ1) is 19.7. The summed E-state index contributed by atoms with van der Waals surface area (Å²) in [6.07, 6.45) is 7.84. The summed E-state index contributed by atoms with van der Waals surface area (Å²) in [5.74, 6) is -0.428. The largest absolute Gasteiger partial charge is 0.481 e. The van der Waals surface area contributed by atoms with Crippen molar-refractivity contribution in [2.75, 3.05) is 0 Å². The summed E-state index contributed by atoms with van der Waals surface area (Å²) in [7, 11) is 0. The Hall–Kier alpha value is -3.26.